The number of hydrogen-bond acceptors (Lipinski definition) is 7. The summed E-state index contributed by atoms with van der Waals surface area (Å²) in [6.07, 6.45) is 0. The molecule has 8 nitrogen and oxygen atoms in total. The van der Waals surface area contributed by atoms with Crippen LogP contribution in [0.2, 0.25) is 0 Å². The van der Waals surface area contributed by atoms with Gasteiger partial charge in [0.25, 0.3) is 5.91 Å². The van der Waals surface area contributed by atoms with Crippen LogP contribution in [-0.2, 0) is 9.53 Å². The lowest BCUT2D eigenvalue weighted by Gasteiger charge is -2.19. The Kier molecular flexibility index (Phi) is 5.65. The molecule has 0 aliphatic carbocycles. The first-order chi connectivity index (χ1) is 13.1. The standard InChI is InChI=1S/C19H19NO7/c1-23-15-5-3-4-13(18(15)24-2)19(22)27-11-17(21)20-12-6-7-14-16(10-12)26-9-8-25-14/h3-7,10H,8-9,11H2,1-2H3,(H,20,21). The number of rotatable bonds is 6. The van der Waals surface area contributed by atoms with Gasteiger partial charge in [-0.05, 0) is 24.3 Å². The number of benzene rings is 2. The van der Waals surface area contributed by atoms with Crippen molar-refractivity contribution in [1.29, 1.82) is 0 Å². The predicted octanol–water partition coefficient (Wildman–Crippen LogP) is 2.27. The Morgan fingerprint density at radius 3 is 2.56 bits per heavy atom. The van der Waals surface area contributed by atoms with E-state index in [2.05, 4.69) is 5.32 Å². The number of anilines is 1. The van der Waals surface area contributed by atoms with E-state index in [9.17, 15) is 9.59 Å². The van der Waals surface area contributed by atoms with Gasteiger partial charge in [-0.2, -0.15) is 0 Å². The first kappa shape index (κ1) is 18.4. The smallest absolute Gasteiger partial charge is 0.342 e. The lowest BCUT2D eigenvalue weighted by atomic mass is 10.2. The zero-order chi connectivity index (χ0) is 19.2. The minimum atomic E-state index is -0.692. The van der Waals surface area contributed by atoms with Crippen molar-refractivity contribution in [1.82, 2.24) is 0 Å². The molecule has 8 heteroatoms. The molecule has 1 heterocycles. The van der Waals surface area contributed by atoms with Gasteiger partial charge < -0.3 is 29.0 Å². The summed E-state index contributed by atoms with van der Waals surface area (Å²) in [6.45, 7) is 0.487. The third kappa shape index (κ3) is 4.22. The van der Waals surface area contributed by atoms with Gasteiger partial charge in [-0.15, -0.1) is 0 Å². The van der Waals surface area contributed by atoms with Crippen LogP contribution in [-0.4, -0.2) is 45.9 Å². The van der Waals surface area contributed by atoms with Crippen molar-refractivity contribution in [3.8, 4) is 23.0 Å². The Labute approximate surface area is 155 Å². The molecule has 0 saturated carbocycles. The van der Waals surface area contributed by atoms with E-state index in [1.54, 1.807) is 30.3 Å². The monoisotopic (exact) mass is 373 g/mol. The third-order valence-corrected chi connectivity index (χ3v) is 3.78. The molecule has 1 amide bonds. The molecule has 0 spiro atoms. The Hall–Kier alpha value is -3.42. The van der Waals surface area contributed by atoms with Crippen molar-refractivity contribution in [3.63, 3.8) is 0 Å². The maximum atomic E-state index is 12.3. The second-order valence-corrected chi connectivity index (χ2v) is 5.52. The van der Waals surface area contributed by atoms with E-state index in [-0.39, 0.29) is 11.3 Å². The molecule has 0 aromatic heterocycles. The van der Waals surface area contributed by atoms with Crippen LogP contribution in [0.25, 0.3) is 0 Å². The predicted molar refractivity (Wildman–Crippen MR) is 95.9 cm³/mol. The highest BCUT2D eigenvalue weighted by atomic mass is 16.6. The summed E-state index contributed by atoms with van der Waals surface area (Å²) >= 11 is 0. The Bertz CT molecular complexity index is 850. The van der Waals surface area contributed by atoms with Gasteiger partial charge in [-0.3, -0.25) is 4.79 Å². The summed E-state index contributed by atoms with van der Waals surface area (Å²) in [6, 6.07) is 9.86. The fraction of sp³-hybridized carbons (Fsp3) is 0.263. The summed E-state index contributed by atoms with van der Waals surface area (Å²) in [5.74, 6) is 0.642. The highest BCUT2D eigenvalue weighted by Gasteiger charge is 2.19. The summed E-state index contributed by atoms with van der Waals surface area (Å²) in [4.78, 5) is 24.3. The molecule has 1 aliphatic heterocycles. The lowest BCUT2D eigenvalue weighted by Crippen LogP contribution is -2.21. The number of carbonyl (C=O) groups is 2. The van der Waals surface area contributed by atoms with E-state index in [0.29, 0.717) is 36.1 Å². The largest absolute Gasteiger partial charge is 0.493 e. The van der Waals surface area contributed by atoms with Gasteiger partial charge in [-0.25, -0.2) is 4.79 Å². The highest BCUT2D eigenvalue weighted by Crippen LogP contribution is 2.33. The van der Waals surface area contributed by atoms with Crippen LogP contribution in [0.3, 0.4) is 0 Å². The number of nitrogens with one attached hydrogen (secondary N) is 1. The zero-order valence-corrected chi connectivity index (χ0v) is 14.9. The van der Waals surface area contributed by atoms with Gasteiger partial charge in [0.1, 0.15) is 18.8 Å². The molecule has 0 radical (unpaired) electrons. The van der Waals surface area contributed by atoms with Crippen LogP contribution in [0.15, 0.2) is 36.4 Å². The summed E-state index contributed by atoms with van der Waals surface area (Å²) in [5.41, 5.74) is 0.684. The number of ether oxygens (including phenoxy) is 5. The number of methoxy groups -OCH3 is 2. The van der Waals surface area contributed by atoms with Gasteiger partial charge in [0, 0.05) is 11.8 Å². The first-order valence-corrected chi connectivity index (χ1v) is 8.20. The number of hydrogen-bond donors (Lipinski definition) is 1. The van der Waals surface area contributed by atoms with Crippen LogP contribution in [0.1, 0.15) is 10.4 Å². The molecule has 2 aromatic carbocycles. The van der Waals surface area contributed by atoms with E-state index in [1.165, 1.54) is 20.3 Å². The molecule has 1 aliphatic rings. The van der Waals surface area contributed by atoms with Gasteiger partial charge >= 0.3 is 5.97 Å². The molecule has 0 saturated heterocycles. The average molecular weight is 373 g/mol. The average Bonchev–Trinajstić information content (AvgIpc) is 2.71. The van der Waals surface area contributed by atoms with Crippen LogP contribution in [0.4, 0.5) is 5.69 Å². The highest BCUT2D eigenvalue weighted by molar-refractivity contribution is 5.97. The molecule has 142 valence electrons. The summed E-state index contributed by atoms with van der Waals surface area (Å²) < 4.78 is 26.3. The van der Waals surface area contributed by atoms with Crippen molar-refractivity contribution in [2.24, 2.45) is 0 Å². The second-order valence-electron chi connectivity index (χ2n) is 5.52. The number of esters is 1. The summed E-state index contributed by atoms with van der Waals surface area (Å²) in [7, 11) is 2.89. The van der Waals surface area contributed by atoms with Gasteiger partial charge in [0.15, 0.2) is 29.6 Å². The Morgan fingerprint density at radius 2 is 1.81 bits per heavy atom. The maximum Gasteiger partial charge on any atom is 0.342 e. The maximum absolute atomic E-state index is 12.3. The van der Waals surface area contributed by atoms with E-state index in [1.807, 2.05) is 0 Å². The molecule has 0 atom stereocenters. The normalized spacial score (nSPS) is 12.1. The molecule has 27 heavy (non-hydrogen) atoms. The quantitative estimate of drug-likeness (QED) is 0.777. The van der Waals surface area contributed by atoms with Crippen LogP contribution >= 0.6 is 0 Å². The van der Waals surface area contributed by atoms with Crippen LogP contribution in [0.5, 0.6) is 23.0 Å². The van der Waals surface area contributed by atoms with E-state index in [0.717, 1.165) is 0 Å². The van der Waals surface area contributed by atoms with Gasteiger partial charge in [0.2, 0.25) is 0 Å². The van der Waals surface area contributed by atoms with E-state index < -0.39 is 18.5 Å². The number of carbonyl (C=O) groups excluding carboxylic acids is 2. The second kappa shape index (κ2) is 8.31. The Balaban J connectivity index is 1.60. The van der Waals surface area contributed by atoms with Crippen molar-refractivity contribution in [2.45, 2.75) is 0 Å². The molecular formula is C19H19NO7. The van der Waals surface area contributed by atoms with Crippen LogP contribution < -0.4 is 24.3 Å². The van der Waals surface area contributed by atoms with Crippen molar-refractivity contribution < 1.29 is 33.3 Å². The van der Waals surface area contributed by atoms with Crippen molar-refractivity contribution >= 4 is 17.6 Å². The fourth-order valence-corrected chi connectivity index (χ4v) is 2.57. The molecule has 0 unspecified atom stereocenters. The van der Waals surface area contributed by atoms with Gasteiger partial charge in [0.05, 0.1) is 14.2 Å². The zero-order valence-electron chi connectivity index (χ0n) is 14.9. The molecule has 3 rings (SSSR count). The van der Waals surface area contributed by atoms with Gasteiger partial charge in [-0.1, -0.05) is 6.07 Å². The van der Waals surface area contributed by atoms with Crippen LogP contribution in [0, 0.1) is 0 Å². The lowest BCUT2D eigenvalue weighted by molar-refractivity contribution is -0.119. The Morgan fingerprint density at radius 1 is 1.04 bits per heavy atom. The molecule has 0 bridgehead atoms. The van der Waals surface area contributed by atoms with Crippen molar-refractivity contribution in [2.75, 3.05) is 39.4 Å². The number of para-hydroxylation sites is 1. The molecule has 2 aromatic rings. The first-order valence-electron chi connectivity index (χ1n) is 8.20. The fourth-order valence-electron chi connectivity index (χ4n) is 2.57. The number of fused-ring (bicyclic) bond motifs is 1. The van der Waals surface area contributed by atoms with E-state index >= 15 is 0 Å². The van der Waals surface area contributed by atoms with E-state index in [4.69, 9.17) is 23.7 Å². The third-order valence-electron chi connectivity index (χ3n) is 3.78. The molecule has 1 N–H and O–H groups in total. The number of amides is 1. The van der Waals surface area contributed by atoms with Crippen molar-refractivity contribution in [3.05, 3.63) is 42.0 Å². The molecule has 0 fully saturated rings. The summed E-state index contributed by atoms with van der Waals surface area (Å²) in [5, 5.41) is 2.64. The topological polar surface area (TPSA) is 92.3 Å². The minimum absolute atomic E-state index is 0.170. The molecular weight excluding hydrogens is 354 g/mol. The SMILES string of the molecule is COc1cccc(C(=O)OCC(=O)Nc2ccc3c(c2)OCCO3)c1OC. The minimum Gasteiger partial charge on any atom is -0.493 e.